The van der Waals surface area contributed by atoms with Gasteiger partial charge in [0, 0.05) is 11.3 Å². The summed E-state index contributed by atoms with van der Waals surface area (Å²) in [6, 6.07) is -1.01. The van der Waals surface area contributed by atoms with Gasteiger partial charge in [-0.15, -0.1) is 11.8 Å². The molecule has 0 bridgehead atoms. The van der Waals surface area contributed by atoms with Crippen molar-refractivity contribution in [3.63, 3.8) is 0 Å². The molecule has 1 heterocycles. The van der Waals surface area contributed by atoms with Crippen molar-refractivity contribution in [1.29, 1.82) is 0 Å². The number of nitrogens with zero attached hydrogens (tertiary/aromatic N) is 1. The van der Waals surface area contributed by atoms with E-state index in [1.165, 1.54) is 4.90 Å². The van der Waals surface area contributed by atoms with E-state index in [-0.39, 0.29) is 22.9 Å². The number of carbonyl (C=O) groups is 2. The van der Waals surface area contributed by atoms with Crippen LogP contribution in [0.5, 0.6) is 0 Å². The fourth-order valence-corrected chi connectivity index (χ4v) is 3.40. The maximum atomic E-state index is 12.4. The summed E-state index contributed by atoms with van der Waals surface area (Å²) >= 11 is 1.54. The zero-order chi connectivity index (χ0) is 14.8. The minimum absolute atomic E-state index is 0.0752. The van der Waals surface area contributed by atoms with Gasteiger partial charge in [0.2, 0.25) is 0 Å². The Morgan fingerprint density at radius 3 is 2.47 bits per heavy atom. The van der Waals surface area contributed by atoms with Crippen LogP contribution in [-0.4, -0.2) is 44.7 Å². The van der Waals surface area contributed by atoms with Crippen molar-refractivity contribution >= 4 is 23.8 Å². The summed E-state index contributed by atoms with van der Waals surface area (Å²) in [7, 11) is 0. The molecule has 1 rings (SSSR count). The molecule has 5 nitrogen and oxygen atoms in total. The molecule has 0 saturated carbocycles. The molecule has 1 saturated heterocycles. The molecule has 0 radical (unpaired) electrons. The van der Waals surface area contributed by atoms with E-state index in [2.05, 4.69) is 5.32 Å². The fourth-order valence-electron chi connectivity index (χ4n) is 1.93. The average Bonchev–Trinajstić information content (AvgIpc) is 2.73. The van der Waals surface area contributed by atoms with E-state index in [4.69, 9.17) is 0 Å². The molecular weight excluding hydrogens is 264 g/mol. The summed E-state index contributed by atoms with van der Waals surface area (Å²) in [5.74, 6) is -0.247. The number of hydrogen-bond donors (Lipinski definition) is 2. The maximum Gasteiger partial charge on any atom is 0.327 e. The van der Waals surface area contributed by atoms with E-state index in [1.807, 2.05) is 34.6 Å². The first-order chi connectivity index (χ1) is 8.69. The normalized spacial score (nSPS) is 23.8. The Hall–Kier alpha value is -0.910. The van der Waals surface area contributed by atoms with Gasteiger partial charge in [-0.05, 0) is 26.2 Å². The molecule has 0 spiro atoms. The van der Waals surface area contributed by atoms with Gasteiger partial charge in [-0.25, -0.2) is 9.59 Å². The van der Waals surface area contributed by atoms with Gasteiger partial charge in [0.05, 0.1) is 5.37 Å². The monoisotopic (exact) mass is 288 g/mol. The molecule has 6 heteroatoms. The molecule has 0 aromatic heterocycles. The second-order valence-electron chi connectivity index (χ2n) is 5.90. The molecule has 19 heavy (non-hydrogen) atoms. The number of carboxylic acid groups (broad SMARTS) is 1. The molecule has 0 aromatic carbocycles. The van der Waals surface area contributed by atoms with Crippen LogP contribution in [0.25, 0.3) is 0 Å². The number of urea groups is 1. The van der Waals surface area contributed by atoms with Crippen molar-refractivity contribution in [2.45, 2.75) is 58.0 Å². The summed E-state index contributed by atoms with van der Waals surface area (Å²) in [6.45, 7) is 9.89. The number of aliphatic carboxylic acids is 1. The predicted molar refractivity (Wildman–Crippen MR) is 77.2 cm³/mol. The SMILES string of the molecule is CCC(C)(C)NC(=O)N1C(C(=O)O)CSC1C(C)C. The predicted octanol–water partition coefficient (Wildman–Crippen LogP) is 2.37. The number of hydrogen-bond acceptors (Lipinski definition) is 3. The molecule has 0 aromatic rings. The van der Waals surface area contributed by atoms with Gasteiger partial charge in [-0.1, -0.05) is 20.8 Å². The Morgan fingerprint density at radius 1 is 1.47 bits per heavy atom. The maximum absolute atomic E-state index is 12.4. The van der Waals surface area contributed by atoms with Gasteiger partial charge in [-0.3, -0.25) is 4.90 Å². The molecule has 2 N–H and O–H groups in total. The Labute approximate surface area is 119 Å². The second kappa shape index (κ2) is 6.03. The van der Waals surface area contributed by atoms with Crippen LogP contribution in [0.1, 0.15) is 41.0 Å². The number of nitrogens with one attached hydrogen (secondary N) is 1. The largest absolute Gasteiger partial charge is 0.480 e. The summed E-state index contributed by atoms with van der Waals surface area (Å²) in [5.41, 5.74) is -0.324. The lowest BCUT2D eigenvalue weighted by Crippen LogP contribution is -2.56. The second-order valence-corrected chi connectivity index (χ2v) is 7.05. The smallest absolute Gasteiger partial charge is 0.327 e. The first-order valence-corrected chi connectivity index (χ1v) is 7.69. The molecule has 1 aliphatic rings. The first kappa shape index (κ1) is 16.1. The van der Waals surface area contributed by atoms with E-state index >= 15 is 0 Å². The number of amides is 2. The summed E-state index contributed by atoms with van der Waals surface area (Å²) < 4.78 is 0. The molecular formula is C13H24N2O3S. The quantitative estimate of drug-likeness (QED) is 0.833. The van der Waals surface area contributed by atoms with Crippen LogP contribution < -0.4 is 5.32 Å². The lowest BCUT2D eigenvalue weighted by atomic mass is 10.0. The van der Waals surface area contributed by atoms with E-state index < -0.39 is 12.0 Å². The van der Waals surface area contributed by atoms with Crippen molar-refractivity contribution in [2.75, 3.05) is 5.75 Å². The summed E-state index contributed by atoms with van der Waals surface area (Å²) in [5, 5.41) is 12.1. The first-order valence-electron chi connectivity index (χ1n) is 6.64. The van der Waals surface area contributed by atoms with E-state index in [0.717, 1.165) is 6.42 Å². The van der Waals surface area contributed by atoms with E-state index in [0.29, 0.717) is 5.75 Å². The third-order valence-corrected chi connectivity index (χ3v) is 5.08. The molecule has 2 atom stereocenters. The van der Waals surface area contributed by atoms with Gasteiger partial charge in [-0.2, -0.15) is 0 Å². The standard InChI is InChI=1S/C13H24N2O3S/c1-6-13(4,5)14-12(18)15-9(11(16)17)7-19-10(15)8(2)3/h8-10H,6-7H2,1-5H3,(H,14,18)(H,16,17). The number of rotatable bonds is 4. The van der Waals surface area contributed by atoms with Gasteiger partial charge < -0.3 is 10.4 Å². The molecule has 1 aliphatic heterocycles. The van der Waals surface area contributed by atoms with Crippen molar-refractivity contribution in [3.05, 3.63) is 0 Å². The Morgan fingerprint density at radius 2 is 2.05 bits per heavy atom. The highest BCUT2D eigenvalue weighted by Crippen LogP contribution is 2.34. The van der Waals surface area contributed by atoms with Gasteiger partial charge in [0.25, 0.3) is 0 Å². The summed E-state index contributed by atoms with van der Waals surface area (Å²) in [6.07, 6.45) is 0.795. The zero-order valence-corrected chi connectivity index (χ0v) is 13.1. The lowest BCUT2D eigenvalue weighted by Gasteiger charge is -2.34. The highest BCUT2D eigenvalue weighted by atomic mass is 32.2. The number of carboxylic acids is 1. The minimum Gasteiger partial charge on any atom is -0.480 e. The molecule has 2 unspecified atom stereocenters. The van der Waals surface area contributed by atoms with Crippen LogP contribution >= 0.6 is 11.8 Å². The topological polar surface area (TPSA) is 69.6 Å². The number of carbonyl (C=O) groups excluding carboxylic acids is 1. The van der Waals surface area contributed by atoms with Gasteiger partial charge in [0.1, 0.15) is 6.04 Å². The molecule has 2 amide bonds. The van der Waals surface area contributed by atoms with Gasteiger partial charge in [0.15, 0.2) is 0 Å². The minimum atomic E-state index is -0.930. The van der Waals surface area contributed by atoms with Crippen LogP contribution in [0.3, 0.4) is 0 Å². The Kier molecular flexibility index (Phi) is 5.12. The third-order valence-electron chi connectivity index (χ3n) is 3.45. The van der Waals surface area contributed by atoms with Crippen LogP contribution in [0.15, 0.2) is 0 Å². The van der Waals surface area contributed by atoms with E-state index in [1.54, 1.807) is 11.8 Å². The summed E-state index contributed by atoms with van der Waals surface area (Å²) in [4.78, 5) is 25.2. The molecule has 0 aliphatic carbocycles. The van der Waals surface area contributed by atoms with Crippen LogP contribution in [0, 0.1) is 5.92 Å². The van der Waals surface area contributed by atoms with Crippen molar-refractivity contribution < 1.29 is 14.7 Å². The molecule has 1 fully saturated rings. The highest BCUT2D eigenvalue weighted by molar-refractivity contribution is 8.00. The van der Waals surface area contributed by atoms with Crippen LogP contribution in [-0.2, 0) is 4.79 Å². The number of thioether (sulfide) groups is 1. The average molecular weight is 288 g/mol. The Bertz CT molecular complexity index is 358. The van der Waals surface area contributed by atoms with Crippen molar-refractivity contribution in [3.8, 4) is 0 Å². The van der Waals surface area contributed by atoms with Crippen molar-refractivity contribution in [1.82, 2.24) is 10.2 Å². The van der Waals surface area contributed by atoms with Gasteiger partial charge >= 0.3 is 12.0 Å². The van der Waals surface area contributed by atoms with Crippen LogP contribution in [0.4, 0.5) is 4.79 Å². The lowest BCUT2D eigenvalue weighted by molar-refractivity contribution is -0.141. The zero-order valence-electron chi connectivity index (χ0n) is 12.3. The third kappa shape index (κ3) is 3.78. The highest BCUT2D eigenvalue weighted by Gasteiger charge is 2.43. The van der Waals surface area contributed by atoms with Crippen LogP contribution in [0.2, 0.25) is 0 Å². The Balaban J connectivity index is 2.90. The molecule has 110 valence electrons. The fraction of sp³-hybridized carbons (Fsp3) is 0.846. The van der Waals surface area contributed by atoms with Crippen molar-refractivity contribution in [2.24, 2.45) is 5.92 Å². The van der Waals surface area contributed by atoms with E-state index in [9.17, 15) is 14.7 Å².